The quantitative estimate of drug-likeness (QED) is 0.820. The average Bonchev–Trinajstić information content (AvgIpc) is 2.16. The van der Waals surface area contributed by atoms with Gasteiger partial charge in [-0.3, -0.25) is 0 Å². The zero-order chi connectivity index (χ0) is 10.7. The molecule has 0 radical (unpaired) electrons. The van der Waals surface area contributed by atoms with Gasteiger partial charge in [0.2, 0.25) is 0 Å². The highest BCUT2D eigenvalue weighted by Gasteiger charge is 2.20. The first-order valence-corrected chi connectivity index (χ1v) is 3.93. The van der Waals surface area contributed by atoms with Crippen LogP contribution in [-0.2, 0) is 0 Å². The Balaban J connectivity index is 2.99. The molecule has 1 atom stereocenters. The van der Waals surface area contributed by atoms with Crippen LogP contribution in [0.3, 0.4) is 0 Å². The van der Waals surface area contributed by atoms with Crippen LogP contribution in [0.15, 0.2) is 18.2 Å². The van der Waals surface area contributed by atoms with Gasteiger partial charge in [0.1, 0.15) is 11.6 Å². The minimum Gasteiger partial charge on any atom is -0.497 e. The highest BCUT2D eigenvalue weighted by molar-refractivity contribution is 5.30. The number of nitrogens with two attached hydrogens (primary N) is 1. The number of alkyl halides is 2. The number of hydrogen-bond acceptors (Lipinski definition) is 2. The van der Waals surface area contributed by atoms with Gasteiger partial charge in [-0.15, -0.1) is 0 Å². The summed E-state index contributed by atoms with van der Waals surface area (Å²) in [6, 6.07) is 2.02. The Morgan fingerprint density at radius 1 is 1.36 bits per heavy atom. The maximum atomic E-state index is 13.2. The van der Waals surface area contributed by atoms with E-state index in [0.717, 1.165) is 6.07 Å². The third-order valence-electron chi connectivity index (χ3n) is 1.84. The second-order valence-electron chi connectivity index (χ2n) is 2.75. The Labute approximate surface area is 79.5 Å². The van der Waals surface area contributed by atoms with Crippen LogP contribution in [0.4, 0.5) is 13.2 Å². The van der Waals surface area contributed by atoms with Gasteiger partial charge in [-0.05, 0) is 6.07 Å². The summed E-state index contributed by atoms with van der Waals surface area (Å²) in [7, 11) is 1.36. The zero-order valence-corrected chi connectivity index (χ0v) is 7.51. The summed E-state index contributed by atoms with van der Waals surface area (Å²) in [5, 5.41) is 0. The number of hydrogen-bond donors (Lipinski definition) is 1. The Morgan fingerprint density at radius 3 is 2.43 bits per heavy atom. The zero-order valence-electron chi connectivity index (χ0n) is 7.51. The first kappa shape index (κ1) is 10.8. The maximum absolute atomic E-state index is 13.2. The minimum atomic E-state index is -2.78. The van der Waals surface area contributed by atoms with E-state index in [0.29, 0.717) is 0 Å². The van der Waals surface area contributed by atoms with Crippen molar-refractivity contribution in [3.8, 4) is 5.75 Å². The van der Waals surface area contributed by atoms with E-state index in [-0.39, 0.29) is 11.3 Å². The summed E-state index contributed by atoms with van der Waals surface area (Å²) < 4.78 is 42.2. The van der Waals surface area contributed by atoms with Crippen molar-refractivity contribution in [1.82, 2.24) is 0 Å². The summed E-state index contributed by atoms with van der Waals surface area (Å²) in [4.78, 5) is 0. The van der Waals surface area contributed by atoms with Gasteiger partial charge in [-0.25, -0.2) is 13.2 Å². The predicted octanol–water partition coefficient (Wildman–Crippen LogP) is 2.10. The van der Waals surface area contributed by atoms with Crippen LogP contribution < -0.4 is 10.5 Å². The van der Waals surface area contributed by atoms with Crippen molar-refractivity contribution in [3.05, 3.63) is 29.6 Å². The molecule has 2 nitrogen and oxygen atoms in total. The second kappa shape index (κ2) is 4.32. The van der Waals surface area contributed by atoms with Gasteiger partial charge in [0.15, 0.2) is 0 Å². The SMILES string of the molecule is COc1ccc(C(N)C(F)F)c(F)c1. The van der Waals surface area contributed by atoms with Gasteiger partial charge in [-0.2, -0.15) is 0 Å². The van der Waals surface area contributed by atoms with E-state index in [1.54, 1.807) is 0 Å². The fraction of sp³-hybridized carbons (Fsp3) is 0.333. The minimum absolute atomic E-state index is 0.208. The molecule has 5 heteroatoms. The van der Waals surface area contributed by atoms with Gasteiger partial charge < -0.3 is 10.5 Å². The van der Waals surface area contributed by atoms with Crippen molar-refractivity contribution in [2.45, 2.75) is 12.5 Å². The number of halogens is 3. The van der Waals surface area contributed by atoms with E-state index in [4.69, 9.17) is 10.5 Å². The van der Waals surface area contributed by atoms with Crippen LogP contribution in [0, 0.1) is 5.82 Å². The summed E-state index contributed by atoms with van der Waals surface area (Å²) in [6.45, 7) is 0. The Hall–Kier alpha value is -1.23. The summed E-state index contributed by atoms with van der Waals surface area (Å²) in [6.07, 6.45) is -2.78. The molecule has 2 N–H and O–H groups in total. The Morgan fingerprint density at radius 2 is 2.00 bits per heavy atom. The van der Waals surface area contributed by atoms with Crippen LogP contribution in [0.1, 0.15) is 11.6 Å². The second-order valence-corrected chi connectivity index (χ2v) is 2.75. The molecule has 0 amide bonds. The lowest BCUT2D eigenvalue weighted by atomic mass is 10.1. The average molecular weight is 205 g/mol. The molecule has 78 valence electrons. The van der Waals surface area contributed by atoms with Crippen molar-refractivity contribution in [2.75, 3.05) is 7.11 Å². The fourth-order valence-corrected chi connectivity index (χ4v) is 1.04. The third kappa shape index (κ3) is 2.17. The van der Waals surface area contributed by atoms with Crippen molar-refractivity contribution in [1.29, 1.82) is 0 Å². The molecule has 0 heterocycles. The molecule has 0 bridgehead atoms. The molecule has 0 aliphatic carbocycles. The van der Waals surface area contributed by atoms with E-state index in [9.17, 15) is 13.2 Å². The number of rotatable bonds is 3. The first-order chi connectivity index (χ1) is 6.56. The molecule has 0 saturated carbocycles. The Kier molecular flexibility index (Phi) is 3.35. The van der Waals surface area contributed by atoms with Crippen LogP contribution in [0.5, 0.6) is 5.75 Å². The van der Waals surface area contributed by atoms with Gasteiger partial charge in [-0.1, -0.05) is 6.07 Å². The monoisotopic (exact) mass is 205 g/mol. The molecule has 1 rings (SSSR count). The van der Waals surface area contributed by atoms with Gasteiger partial charge in [0.05, 0.1) is 13.2 Å². The standard InChI is InChI=1S/C9H10F3NO/c1-14-5-2-3-6(7(10)4-5)8(13)9(11)12/h2-4,8-9H,13H2,1H3. The molecule has 1 aromatic rings. The lowest BCUT2D eigenvalue weighted by Gasteiger charge is -2.12. The predicted molar refractivity (Wildman–Crippen MR) is 45.9 cm³/mol. The smallest absolute Gasteiger partial charge is 0.257 e. The molecule has 1 unspecified atom stereocenters. The van der Waals surface area contributed by atoms with Crippen LogP contribution >= 0.6 is 0 Å². The van der Waals surface area contributed by atoms with Crippen molar-refractivity contribution in [2.24, 2.45) is 5.73 Å². The molecule has 0 saturated heterocycles. The molecule has 1 aromatic carbocycles. The van der Waals surface area contributed by atoms with Crippen molar-refractivity contribution >= 4 is 0 Å². The lowest BCUT2D eigenvalue weighted by Crippen LogP contribution is -2.20. The molecular weight excluding hydrogens is 195 g/mol. The maximum Gasteiger partial charge on any atom is 0.257 e. The van der Waals surface area contributed by atoms with Crippen LogP contribution in [-0.4, -0.2) is 13.5 Å². The Bertz CT molecular complexity index is 317. The van der Waals surface area contributed by atoms with Gasteiger partial charge in [0, 0.05) is 11.6 Å². The number of benzene rings is 1. The fourth-order valence-electron chi connectivity index (χ4n) is 1.04. The highest BCUT2D eigenvalue weighted by Crippen LogP contribution is 2.24. The normalized spacial score (nSPS) is 13.0. The topological polar surface area (TPSA) is 35.2 Å². The molecule has 0 spiro atoms. The molecule has 14 heavy (non-hydrogen) atoms. The van der Waals surface area contributed by atoms with Gasteiger partial charge >= 0.3 is 0 Å². The molecule has 0 aliphatic rings. The lowest BCUT2D eigenvalue weighted by molar-refractivity contribution is 0.114. The third-order valence-corrected chi connectivity index (χ3v) is 1.84. The van der Waals surface area contributed by atoms with Crippen LogP contribution in [0.2, 0.25) is 0 Å². The molecule has 0 aromatic heterocycles. The summed E-state index contributed by atoms with van der Waals surface area (Å²) >= 11 is 0. The largest absolute Gasteiger partial charge is 0.497 e. The molecular formula is C9H10F3NO. The molecule has 0 aliphatic heterocycles. The van der Waals surface area contributed by atoms with E-state index >= 15 is 0 Å². The van der Waals surface area contributed by atoms with E-state index in [2.05, 4.69) is 0 Å². The van der Waals surface area contributed by atoms with Gasteiger partial charge in [0.25, 0.3) is 6.43 Å². The number of ether oxygens (including phenoxy) is 1. The van der Waals surface area contributed by atoms with Crippen LogP contribution in [0.25, 0.3) is 0 Å². The van der Waals surface area contributed by atoms with Crippen molar-refractivity contribution < 1.29 is 17.9 Å². The number of methoxy groups -OCH3 is 1. The van der Waals surface area contributed by atoms with E-state index in [1.807, 2.05) is 0 Å². The first-order valence-electron chi connectivity index (χ1n) is 3.93. The summed E-state index contributed by atoms with van der Waals surface area (Å²) in [5.74, 6) is -0.509. The van der Waals surface area contributed by atoms with E-state index < -0.39 is 18.3 Å². The summed E-state index contributed by atoms with van der Waals surface area (Å²) in [5.41, 5.74) is 4.89. The van der Waals surface area contributed by atoms with E-state index in [1.165, 1.54) is 19.2 Å². The molecule has 0 fully saturated rings. The van der Waals surface area contributed by atoms with Crippen molar-refractivity contribution in [3.63, 3.8) is 0 Å². The highest BCUT2D eigenvalue weighted by atomic mass is 19.3.